The predicted molar refractivity (Wildman–Crippen MR) is 121 cm³/mol. The van der Waals surface area contributed by atoms with Gasteiger partial charge in [0.05, 0.1) is 24.3 Å². The second kappa shape index (κ2) is 9.59. The van der Waals surface area contributed by atoms with Crippen LogP contribution in [-0.4, -0.2) is 49.0 Å². The van der Waals surface area contributed by atoms with Gasteiger partial charge in [-0.3, -0.25) is 9.59 Å². The van der Waals surface area contributed by atoms with E-state index in [9.17, 15) is 9.59 Å². The van der Waals surface area contributed by atoms with E-state index in [2.05, 4.69) is 0 Å². The molecule has 1 fully saturated rings. The molecule has 1 aromatic heterocycles. The van der Waals surface area contributed by atoms with Crippen molar-refractivity contribution in [2.75, 3.05) is 26.3 Å². The Balaban J connectivity index is 1.43. The summed E-state index contributed by atoms with van der Waals surface area (Å²) in [6.07, 6.45) is -0.316. The lowest BCUT2D eigenvalue weighted by atomic mass is 10.1. The minimum absolute atomic E-state index is 0.0994. The predicted octanol–water partition coefficient (Wildman–Crippen LogP) is 5.03. The number of ether oxygens (including phenoxy) is 2. The molecule has 32 heavy (non-hydrogen) atoms. The molecule has 4 rings (SSSR count). The molecule has 0 saturated carbocycles. The first-order valence-electron chi connectivity index (χ1n) is 10.4. The number of morpholine rings is 1. The number of halogens is 1. The monoisotopic (exact) mass is 453 g/mol. The number of Topliss-reactive ketones (excluding diaryl/α,β-unsaturated/α-hetero) is 1. The largest absolute Gasteiger partial charge is 0.490 e. The minimum Gasteiger partial charge on any atom is -0.490 e. The Bertz CT molecular complexity index is 1120. The zero-order valence-corrected chi connectivity index (χ0v) is 18.7. The maximum Gasteiger partial charge on any atom is 0.257 e. The molecular formula is C25H24ClNO5. The number of benzene rings is 2. The lowest BCUT2D eigenvalue weighted by molar-refractivity contribution is -0.0402. The van der Waals surface area contributed by atoms with E-state index in [1.54, 1.807) is 36.1 Å². The molecule has 2 aromatic carbocycles. The fourth-order valence-electron chi connectivity index (χ4n) is 3.70. The van der Waals surface area contributed by atoms with Crippen LogP contribution >= 0.6 is 11.6 Å². The van der Waals surface area contributed by atoms with Gasteiger partial charge in [0.15, 0.2) is 5.78 Å². The summed E-state index contributed by atoms with van der Waals surface area (Å²) in [5.41, 5.74) is 1.89. The van der Waals surface area contributed by atoms with E-state index in [-0.39, 0.29) is 24.4 Å². The molecule has 0 spiro atoms. The van der Waals surface area contributed by atoms with Crippen molar-refractivity contribution in [2.24, 2.45) is 0 Å². The molecule has 1 aliphatic heterocycles. The van der Waals surface area contributed by atoms with Crippen LogP contribution in [0.2, 0.25) is 5.02 Å². The van der Waals surface area contributed by atoms with Crippen molar-refractivity contribution in [3.8, 4) is 17.1 Å². The van der Waals surface area contributed by atoms with Crippen LogP contribution in [0.15, 0.2) is 59.0 Å². The van der Waals surface area contributed by atoms with Crippen LogP contribution < -0.4 is 4.74 Å². The van der Waals surface area contributed by atoms with E-state index < -0.39 is 0 Å². The maximum atomic E-state index is 13.2. The third-order valence-corrected chi connectivity index (χ3v) is 5.61. The fraction of sp³-hybridized carbons (Fsp3) is 0.280. The maximum absolute atomic E-state index is 13.2. The lowest BCUT2D eigenvalue weighted by Crippen LogP contribution is -2.47. The second-order valence-corrected chi connectivity index (χ2v) is 8.13. The van der Waals surface area contributed by atoms with Crippen molar-refractivity contribution in [2.45, 2.75) is 20.0 Å². The van der Waals surface area contributed by atoms with Crippen molar-refractivity contribution in [1.29, 1.82) is 0 Å². The second-order valence-electron chi connectivity index (χ2n) is 7.70. The molecule has 6 nitrogen and oxygen atoms in total. The number of ketones is 1. The summed E-state index contributed by atoms with van der Waals surface area (Å²) in [4.78, 5) is 26.8. The van der Waals surface area contributed by atoms with Gasteiger partial charge in [-0.15, -0.1) is 0 Å². The van der Waals surface area contributed by atoms with E-state index in [4.69, 9.17) is 25.5 Å². The molecule has 2 heterocycles. The molecule has 1 aliphatic rings. The lowest BCUT2D eigenvalue weighted by Gasteiger charge is -2.32. The van der Waals surface area contributed by atoms with Gasteiger partial charge in [-0.25, -0.2) is 0 Å². The van der Waals surface area contributed by atoms with Gasteiger partial charge >= 0.3 is 0 Å². The standard InChI is InChI=1S/C25H24ClNO5/c1-16(28)21-12-19(26)8-9-23(21)31-15-20-14-27(10-11-30-20)25(29)22-13-24(32-17(22)2)18-6-4-3-5-7-18/h3-9,12-13,20H,10-11,14-15H2,1-2H3. The summed E-state index contributed by atoms with van der Waals surface area (Å²) in [6.45, 7) is 4.75. The SMILES string of the molecule is CC(=O)c1cc(Cl)ccc1OCC1CN(C(=O)c2cc(-c3ccccc3)oc2C)CCO1. The number of rotatable bonds is 6. The summed E-state index contributed by atoms with van der Waals surface area (Å²) < 4.78 is 17.5. The first-order valence-corrected chi connectivity index (χ1v) is 10.8. The molecule has 1 unspecified atom stereocenters. The number of hydrogen-bond donors (Lipinski definition) is 0. The molecule has 7 heteroatoms. The molecule has 1 saturated heterocycles. The highest BCUT2D eigenvalue weighted by Crippen LogP contribution is 2.27. The summed E-state index contributed by atoms with van der Waals surface area (Å²) in [7, 11) is 0. The Morgan fingerprint density at radius 2 is 1.91 bits per heavy atom. The van der Waals surface area contributed by atoms with Gasteiger partial charge in [-0.2, -0.15) is 0 Å². The zero-order valence-electron chi connectivity index (χ0n) is 18.0. The van der Waals surface area contributed by atoms with Gasteiger partial charge in [-0.1, -0.05) is 41.9 Å². The van der Waals surface area contributed by atoms with Crippen LogP contribution in [0.5, 0.6) is 5.75 Å². The summed E-state index contributed by atoms with van der Waals surface area (Å²) in [6, 6.07) is 16.4. The van der Waals surface area contributed by atoms with Crippen molar-refractivity contribution < 1.29 is 23.5 Å². The number of nitrogens with zero attached hydrogens (tertiary/aromatic N) is 1. The van der Waals surface area contributed by atoms with Crippen molar-refractivity contribution in [1.82, 2.24) is 4.90 Å². The average molecular weight is 454 g/mol. The van der Waals surface area contributed by atoms with E-state index in [1.807, 2.05) is 30.3 Å². The number of amides is 1. The zero-order chi connectivity index (χ0) is 22.7. The van der Waals surface area contributed by atoms with Gasteiger partial charge < -0.3 is 18.8 Å². The first kappa shape index (κ1) is 22.1. The fourth-order valence-corrected chi connectivity index (χ4v) is 3.87. The third-order valence-electron chi connectivity index (χ3n) is 5.38. The molecule has 1 atom stereocenters. The molecule has 166 valence electrons. The van der Waals surface area contributed by atoms with E-state index >= 15 is 0 Å². The van der Waals surface area contributed by atoms with E-state index in [0.717, 1.165) is 5.56 Å². The Labute approximate surface area is 191 Å². The Hall–Kier alpha value is -3.09. The summed E-state index contributed by atoms with van der Waals surface area (Å²) >= 11 is 5.99. The molecule has 0 radical (unpaired) electrons. The molecule has 3 aromatic rings. The number of carbonyl (C=O) groups excluding carboxylic acids is 2. The van der Waals surface area contributed by atoms with Crippen LogP contribution in [-0.2, 0) is 4.74 Å². The minimum atomic E-state index is -0.316. The average Bonchev–Trinajstić information content (AvgIpc) is 3.20. The van der Waals surface area contributed by atoms with Crippen molar-refractivity contribution in [3.63, 3.8) is 0 Å². The number of hydrogen-bond acceptors (Lipinski definition) is 5. The Morgan fingerprint density at radius 1 is 1.12 bits per heavy atom. The van der Waals surface area contributed by atoms with Gasteiger partial charge in [0.25, 0.3) is 5.91 Å². The summed E-state index contributed by atoms with van der Waals surface area (Å²) in [5, 5.41) is 0.471. The highest BCUT2D eigenvalue weighted by atomic mass is 35.5. The van der Waals surface area contributed by atoms with Crippen LogP contribution in [0.3, 0.4) is 0 Å². The van der Waals surface area contributed by atoms with Gasteiger partial charge in [0.2, 0.25) is 0 Å². The molecule has 0 aliphatic carbocycles. The molecule has 0 N–H and O–H groups in total. The normalized spacial score (nSPS) is 16.1. The number of aryl methyl sites for hydroxylation is 1. The Morgan fingerprint density at radius 3 is 2.66 bits per heavy atom. The Kier molecular flexibility index (Phi) is 6.63. The molecule has 0 bridgehead atoms. The van der Waals surface area contributed by atoms with E-state index in [1.165, 1.54) is 6.92 Å². The van der Waals surface area contributed by atoms with Crippen LogP contribution in [0.25, 0.3) is 11.3 Å². The summed E-state index contributed by atoms with van der Waals surface area (Å²) in [5.74, 6) is 1.47. The van der Waals surface area contributed by atoms with Gasteiger partial charge in [0, 0.05) is 17.1 Å². The van der Waals surface area contributed by atoms with Crippen LogP contribution in [0.4, 0.5) is 0 Å². The highest BCUT2D eigenvalue weighted by Gasteiger charge is 2.28. The first-order chi connectivity index (χ1) is 15.4. The topological polar surface area (TPSA) is 69.0 Å². The van der Waals surface area contributed by atoms with Gasteiger partial charge in [-0.05, 0) is 38.1 Å². The van der Waals surface area contributed by atoms with Crippen LogP contribution in [0, 0.1) is 6.92 Å². The van der Waals surface area contributed by atoms with Crippen molar-refractivity contribution >= 4 is 23.3 Å². The third kappa shape index (κ3) is 4.87. The molecular weight excluding hydrogens is 430 g/mol. The number of furan rings is 1. The quantitative estimate of drug-likeness (QED) is 0.489. The van der Waals surface area contributed by atoms with Crippen molar-refractivity contribution in [3.05, 3.63) is 76.5 Å². The highest BCUT2D eigenvalue weighted by molar-refractivity contribution is 6.31. The number of carbonyl (C=O) groups is 2. The van der Waals surface area contributed by atoms with E-state index in [0.29, 0.717) is 53.1 Å². The smallest absolute Gasteiger partial charge is 0.257 e. The van der Waals surface area contributed by atoms with Crippen LogP contribution in [0.1, 0.15) is 33.4 Å². The van der Waals surface area contributed by atoms with Gasteiger partial charge in [0.1, 0.15) is 30.0 Å². The molecule has 1 amide bonds.